The van der Waals surface area contributed by atoms with E-state index in [1.54, 1.807) is 12.1 Å². The fourth-order valence-electron chi connectivity index (χ4n) is 2.28. The normalized spacial score (nSPS) is 21.8. The van der Waals surface area contributed by atoms with Crippen LogP contribution in [0.4, 0.5) is 8.78 Å². The monoisotopic (exact) mass is 225 g/mol. The Morgan fingerprint density at radius 3 is 3.00 bits per heavy atom. The zero-order valence-electron chi connectivity index (χ0n) is 9.31. The Labute approximate surface area is 94.9 Å². The van der Waals surface area contributed by atoms with Gasteiger partial charge in [-0.3, -0.25) is 0 Å². The van der Waals surface area contributed by atoms with Crippen LogP contribution in [0.5, 0.6) is 0 Å². The summed E-state index contributed by atoms with van der Waals surface area (Å²) in [5.74, 6) is -0.982. The molecule has 1 aromatic rings. The molecule has 2 rings (SSSR count). The van der Waals surface area contributed by atoms with Gasteiger partial charge in [0.15, 0.2) is 11.6 Å². The third kappa shape index (κ3) is 2.79. The third-order valence-electron chi connectivity index (χ3n) is 3.19. The predicted molar refractivity (Wildman–Crippen MR) is 60.3 cm³/mol. The van der Waals surface area contributed by atoms with Crippen LogP contribution in [-0.2, 0) is 6.42 Å². The van der Waals surface area contributed by atoms with Gasteiger partial charge in [-0.25, -0.2) is 8.78 Å². The minimum atomic E-state index is -0.737. The van der Waals surface area contributed by atoms with Crippen molar-refractivity contribution in [2.45, 2.75) is 25.7 Å². The Hall–Kier alpha value is -0.960. The highest BCUT2D eigenvalue weighted by Crippen LogP contribution is 2.20. The van der Waals surface area contributed by atoms with E-state index in [4.69, 9.17) is 0 Å². The van der Waals surface area contributed by atoms with Crippen molar-refractivity contribution >= 4 is 0 Å². The lowest BCUT2D eigenvalue weighted by atomic mass is 9.95. The molecule has 0 aromatic heterocycles. The first kappa shape index (κ1) is 11.5. The summed E-state index contributed by atoms with van der Waals surface area (Å²) < 4.78 is 26.5. The molecule has 1 heterocycles. The number of halogens is 2. The Morgan fingerprint density at radius 2 is 2.12 bits per heavy atom. The van der Waals surface area contributed by atoms with Gasteiger partial charge in [-0.15, -0.1) is 0 Å². The van der Waals surface area contributed by atoms with Gasteiger partial charge in [-0.05, 0) is 49.9 Å². The predicted octanol–water partition coefficient (Wildman–Crippen LogP) is 2.90. The topological polar surface area (TPSA) is 12.0 Å². The summed E-state index contributed by atoms with van der Waals surface area (Å²) in [6, 6.07) is 4.44. The molecule has 0 spiro atoms. The second kappa shape index (κ2) is 5.39. The summed E-state index contributed by atoms with van der Waals surface area (Å²) in [6.07, 6.45) is 4.09. The van der Waals surface area contributed by atoms with Crippen LogP contribution in [0.25, 0.3) is 0 Å². The van der Waals surface area contributed by atoms with Gasteiger partial charge in [-0.2, -0.15) is 0 Å². The van der Waals surface area contributed by atoms with Gasteiger partial charge >= 0.3 is 0 Å². The summed E-state index contributed by atoms with van der Waals surface area (Å²) in [6.45, 7) is 1.96. The number of hydrogen-bond acceptors (Lipinski definition) is 1. The average Bonchev–Trinajstić information content (AvgIpc) is 2.53. The summed E-state index contributed by atoms with van der Waals surface area (Å²) in [4.78, 5) is 0. The minimum absolute atomic E-state index is 0.429. The Bertz CT molecular complexity index is 344. The van der Waals surface area contributed by atoms with Crippen molar-refractivity contribution in [3.05, 3.63) is 35.4 Å². The van der Waals surface area contributed by atoms with Gasteiger partial charge in [-0.1, -0.05) is 18.6 Å². The lowest BCUT2D eigenvalue weighted by molar-refractivity contribution is 0.449. The highest BCUT2D eigenvalue weighted by Gasteiger charge is 2.15. The van der Waals surface area contributed by atoms with Crippen molar-refractivity contribution in [1.82, 2.24) is 5.32 Å². The Morgan fingerprint density at radius 1 is 1.25 bits per heavy atom. The van der Waals surface area contributed by atoms with Gasteiger partial charge in [0.25, 0.3) is 0 Å². The molecule has 1 nitrogen and oxygen atoms in total. The standard InChI is InChI=1S/C13H17F2N/c14-12-6-3-5-11(13(12)15)8-10-4-1-2-7-16-9-10/h3,5-6,10,16H,1-2,4,7-9H2. The van der Waals surface area contributed by atoms with Crippen molar-refractivity contribution in [3.63, 3.8) is 0 Å². The van der Waals surface area contributed by atoms with Gasteiger partial charge in [0.05, 0.1) is 0 Å². The first-order chi connectivity index (χ1) is 7.77. The molecular formula is C13H17F2N. The SMILES string of the molecule is Fc1cccc(CC2CCCCNC2)c1F. The summed E-state index contributed by atoms with van der Waals surface area (Å²) in [5.41, 5.74) is 0.508. The third-order valence-corrected chi connectivity index (χ3v) is 3.19. The number of benzene rings is 1. The summed E-state index contributed by atoms with van der Waals surface area (Å²) >= 11 is 0. The molecule has 16 heavy (non-hydrogen) atoms. The fraction of sp³-hybridized carbons (Fsp3) is 0.538. The summed E-state index contributed by atoms with van der Waals surface area (Å²) in [7, 11) is 0. The molecule has 1 aliphatic heterocycles. The lowest BCUT2D eigenvalue weighted by Crippen LogP contribution is -2.22. The molecule has 1 fully saturated rings. The zero-order chi connectivity index (χ0) is 11.4. The molecule has 1 N–H and O–H groups in total. The van der Waals surface area contributed by atoms with E-state index < -0.39 is 11.6 Å². The molecule has 1 aliphatic rings. The quantitative estimate of drug-likeness (QED) is 0.816. The first-order valence-corrected chi connectivity index (χ1v) is 5.91. The highest BCUT2D eigenvalue weighted by atomic mass is 19.2. The maximum Gasteiger partial charge on any atom is 0.162 e. The van der Waals surface area contributed by atoms with E-state index >= 15 is 0 Å². The molecule has 0 aliphatic carbocycles. The van der Waals surface area contributed by atoms with Crippen LogP contribution in [0.2, 0.25) is 0 Å². The second-order valence-electron chi connectivity index (χ2n) is 4.48. The smallest absolute Gasteiger partial charge is 0.162 e. The molecule has 0 radical (unpaired) electrons. The molecule has 0 amide bonds. The van der Waals surface area contributed by atoms with Crippen LogP contribution in [0.1, 0.15) is 24.8 Å². The average molecular weight is 225 g/mol. The van der Waals surface area contributed by atoms with E-state index in [1.165, 1.54) is 18.9 Å². The van der Waals surface area contributed by atoms with Crippen molar-refractivity contribution in [3.8, 4) is 0 Å². The van der Waals surface area contributed by atoms with Gasteiger partial charge in [0.2, 0.25) is 0 Å². The number of nitrogens with one attached hydrogen (secondary N) is 1. The maximum absolute atomic E-state index is 13.5. The van der Waals surface area contributed by atoms with Crippen LogP contribution in [0.3, 0.4) is 0 Å². The molecule has 1 atom stereocenters. The van der Waals surface area contributed by atoms with E-state index in [9.17, 15) is 8.78 Å². The number of rotatable bonds is 2. The minimum Gasteiger partial charge on any atom is -0.316 e. The first-order valence-electron chi connectivity index (χ1n) is 5.91. The second-order valence-corrected chi connectivity index (χ2v) is 4.48. The van der Waals surface area contributed by atoms with E-state index in [0.717, 1.165) is 19.5 Å². The van der Waals surface area contributed by atoms with Crippen molar-refractivity contribution < 1.29 is 8.78 Å². The molecule has 1 unspecified atom stereocenters. The van der Waals surface area contributed by atoms with Crippen molar-refractivity contribution in [2.24, 2.45) is 5.92 Å². The van der Waals surface area contributed by atoms with Crippen molar-refractivity contribution in [1.29, 1.82) is 0 Å². The van der Waals surface area contributed by atoms with Crippen molar-refractivity contribution in [2.75, 3.05) is 13.1 Å². The van der Waals surface area contributed by atoms with Gasteiger partial charge < -0.3 is 5.32 Å². The van der Waals surface area contributed by atoms with Crippen LogP contribution >= 0.6 is 0 Å². The fourth-order valence-corrected chi connectivity index (χ4v) is 2.28. The van der Waals surface area contributed by atoms with Gasteiger partial charge in [0.1, 0.15) is 0 Å². The van der Waals surface area contributed by atoms with E-state index in [-0.39, 0.29) is 0 Å². The molecule has 88 valence electrons. The molecule has 0 bridgehead atoms. The number of hydrogen-bond donors (Lipinski definition) is 1. The largest absolute Gasteiger partial charge is 0.316 e. The molecule has 1 saturated heterocycles. The molecule has 3 heteroatoms. The van der Waals surface area contributed by atoms with Crippen LogP contribution in [0.15, 0.2) is 18.2 Å². The molecular weight excluding hydrogens is 208 g/mol. The van der Waals surface area contributed by atoms with E-state index in [1.807, 2.05) is 0 Å². The van der Waals surface area contributed by atoms with Crippen LogP contribution in [0, 0.1) is 17.6 Å². The van der Waals surface area contributed by atoms with E-state index in [2.05, 4.69) is 5.32 Å². The van der Waals surface area contributed by atoms with Crippen LogP contribution < -0.4 is 5.32 Å². The highest BCUT2D eigenvalue weighted by molar-refractivity contribution is 5.19. The maximum atomic E-state index is 13.5. The van der Waals surface area contributed by atoms with Gasteiger partial charge in [0, 0.05) is 0 Å². The van der Waals surface area contributed by atoms with E-state index in [0.29, 0.717) is 17.9 Å². The Balaban J connectivity index is 2.04. The van der Waals surface area contributed by atoms with Crippen LogP contribution in [-0.4, -0.2) is 13.1 Å². The molecule has 0 saturated carbocycles. The molecule has 1 aromatic carbocycles. The lowest BCUT2D eigenvalue weighted by Gasteiger charge is -2.14. The summed E-state index contributed by atoms with van der Waals surface area (Å²) in [5, 5.41) is 3.34. The zero-order valence-corrected chi connectivity index (χ0v) is 9.31. The Kier molecular flexibility index (Phi) is 3.88.